The zero-order valence-corrected chi connectivity index (χ0v) is 19.3. The molecule has 3 rings (SSSR count). The molecule has 1 N–H and O–H groups in total. The summed E-state index contributed by atoms with van der Waals surface area (Å²) in [5.41, 5.74) is 0.268. The van der Waals surface area contributed by atoms with Crippen molar-refractivity contribution in [3.63, 3.8) is 0 Å². The lowest BCUT2D eigenvalue weighted by Gasteiger charge is -2.25. The Morgan fingerprint density at radius 3 is 2.00 bits per heavy atom. The quantitative estimate of drug-likeness (QED) is 0.605. The minimum Gasteiger partial charge on any atom is -0.490 e. The van der Waals surface area contributed by atoms with Gasteiger partial charge in [-0.1, -0.05) is 6.42 Å². The number of hydrogen-bond acceptors (Lipinski definition) is 6. The van der Waals surface area contributed by atoms with Crippen molar-refractivity contribution in [1.29, 1.82) is 0 Å². The van der Waals surface area contributed by atoms with Gasteiger partial charge in [-0.3, -0.25) is 4.72 Å². The largest absolute Gasteiger partial charge is 0.490 e. The van der Waals surface area contributed by atoms with Gasteiger partial charge in [-0.25, -0.2) is 16.8 Å². The molecule has 8 nitrogen and oxygen atoms in total. The van der Waals surface area contributed by atoms with Gasteiger partial charge in [0.2, 0.25) is 10.0 Å². The van der Waals surface area contributed by atoms with Crippen LogP contribution in [0, 0.1) is 0 Å². The van der Waals surface area contributed by atoms with Crippen molar-refractivity contribution in [3.8, 4) is 11.5 Å². The van der Waals surface area contributed by atoms with Crippen molar-refractivity contribution >= 4 is 25.7 Å². The van der Waals surface area contributed by atoms with E-state index in [1.807, 2.05) is 6.92 Å². The zero-order chi connectivity index (χ0) is 22.5. The molecule has 0 unspecified atom stereocenters. The normalized spacial score (nSPS) is 15.4. The Hall–Kier alpha value is -2.30. The second kappa shape index (κ2) is 9.88. The maximum absolute atomic E-state index is 12.8. The molecule has 31 heavy (non-hydrogen) atoms. The van der Waals surface area contributed by atoms with E-state index in [4.69, 9.17) is 9.47 Å². The molecule has 2 aromatic rings. The average molecular weight is 469 g/mol. The van der Waals surface area contributed by atoms with Gasteiger partial charge in [0, 0.05) is 24.8 Å². The maximum atomic E-state index is 12.8. The van der Waals surface area contributed by atoms with Gasteiger partial charge in [-0.2, -0.15) is 4.31 Å². The van der Waals surface area contributed by atoms with Crippen molar-refractivity contribution in [1.82, 2.24) is 4.31 Å². The van der Waals surface area contributed by atoms with Crippen LogP contribution in [0.5, 0.6) is 11.5 Å². The van der Waals surface area contributed by atoms with Crippen molar-refractivity contribution < 1.29 is 26.3 Å². The molecule has 0 saturated carbocycles. The van der Waals surface area contributed by atoms with Gasteiger partial charge in [0.25, 0.3) is 10.0 Å². The first-order valence-corrected chi connectivity index (χ1v) is 13.2. The summed E-state index contributed by atoms with van der Waals surface area (Å²) in [5, 5.41) is 0. The fourth-order valence-electron chi connectivity index (χ4n) is 3.36. The summed E-state index contributed by atoms with van der Waals surface area (Å²) in [5.74, 6) is 0.811. The first kappa shape index (κ1) is 23.4. The second-order valence-corrected chi connectivity index (χ2v) is 10.7. The van der Waals surface area contributed by atoms with Crippen LogP contribution in [0.15, 0.2) is 52.3 Å². The molecule has 1 aliphatic heterocycles. The molecule has 0 aliphatic carbocycles. The van der Waals surface area contributed by atoms with Crippen LogP contribution < -0.4 is 14.2 Å². The predicted molar refractivity (Wildman–Crippen MR) is 119 cm³/mol. The summed E-state index contributed by atoms with van der Waals surface area (Å²) in [6, 6.07) is 10.1. The third-order valence-corrected chi connectivity index (χ3v) is 8.18. The van der Waals surface area contributed by atoms with Gasteiger partial charge in [0.05, 0.1) is 23.0 Å². The molecule has 0 spiro atoms. The molecule has 1 heterocycles. The maximum Gasteiger partial charge on any atom is 0.262 e. The SMILES string of the molecule is CCOc1ccc(S(=O)(=O)Nc2ccc(S(=O)(=O)N3CCCCC3)cc2)cc1OCC. The molecule has 170 valence electrons. The van der Waals surface area contributed by atoms with Gasteiger partial charge in [0.1, 0.15) is 0 Å². The van der Waals surface area contributed by atoms with Crippen molar-refractivity contribution in [2.75, 3.05) is 31.0 Å². The smallest absolute Gasteiger partial charge is 0.262 e. The molecule has 1 aliphatic rings. The topological polar surface area (TPSA) is 102 Å². The van der Waals surface area contributed by atoms with Crippen LogP contribution in [0.1, 0.15) is 33.1 Å². The predicted octanol–water partition coefficient (Wildman–Crippen LogP) is 3.46. The first-order valence-electron chi connectivity index (χ1n) is 10.3. The molecule has 10 heteroatoms. The summed E-state index contributed by atoms with van der Waals surface area (Å²) in [6.07, 6.45) is 2.73. The van der Waals surface area contributed by atoms with Crippen molar-refractivity contribution in [3.05, 3.63) is 42.5 Å². The van der Waals surface area contributed by atoms with Gasteiger partial charge >= 0.3 is 0 Å². The zero-order valence-electron chi connectivity index (χ0n) is 17.7. The highest BCUT2D eigenvalue weighted by molar-refractivity contribution is 7.92. The number of nitrogens with zero attached hydrogens (tertiary/aromatic N) is 1. The number of hydrogen-bond donors (Lipinski definition) is 1. The van der Waals surface area contributed by atoms with Crippen LogP contribution in [0.25, 0.3) is 0 Å². The number of piperidine rings is 1. The number of benzene rings is 2. The van der Waals surface area contributed by atoms with Gasteiger partial charge in [-0.15, -0.1) is 0 Å². The standard InChI is InChI=1S/C21H28N2O6S2/c1-3-28-20-13-12-19(16-21(20)29-4-2)30(24,25)22-17-8-10-18(11-9-17)31(26,27)23-14-6-5-7-15-23/h8-13,16,22H,3-7,14-15H2,1-2H3. The number of ether oxygens (including phenoxy) is 2. The number of nitrogens with one attached hydrogen (secondary N) is 1. The van der Waals surface area contributed by atoms with E-state index in [-0.39, 0.29) is 15.5 Å². The summed E-state index contributed by atoms with van der Waals surface area (Å²) in [4.78, 5) is 0.168. The van der Waals surface area contributed by atoms with Crippen LogP contribution >= 0.6 is 0 Å². The fraction of sp³-hybridized carbons (Fsp3) is 0.429. The van der Waals surface area contributed by atoms with Crippen LogP contribution in [0.2, 0.25) is 0 Å². The minimum absolute atomic E-state index is 0.0180. The minimum atomic E-state index is -3.90. The lowest BCUT2D eigenvalue weighted by atomic mass is 10.2. The molecule has 0 atom stereocenters. The van der Waals surface area contributed by atoms with E-state index in [1.165, 1.54) is 40.7 Å². The number of sulfonamides is 2. The molecule has 0 aromatic heterocycles. The Kier molecular flexibility index (Phi) is 7.45. The average Bonchev–Trinajstić information content (AvgIpc) is 2.76. The molecule has 0 bridgehead atoms. The Bertz CT molecular complexity index is 1090. The summed E-state index contributed by atoms with van der Waals surface area (Å²) >= 11 is 0. The summed E-state index contributed by atoms with van der Waals surface area (Å²) < 4.78 is 66.1. The molecular weight excluding hydrogens is 440 g/mol. The molecule has 1 fully saturated rings. The van der Waals surface area contributed by atoms with E-state index in [9.17, 15) is 16.8 Å². The number of rotatable bonds is 9. The van der Waals surface area contributed by atoms with E-state index < -0.39 is 20.0 Å². The van der Waals surface area contributed by atoms with E-state index in [0.29, 0.717) is 37.8 Å². The van der Waals surface area contributed by atoms with E-state index in [0.717, 1.165) is 19.3 Å². The lowest BCUT2D eigenvalue weighted by Crippen LogP contribution is -2.35. The summed E-state index contributed by atoms with van der Waals surface area (Å²) in [7, 11) is -7.47. The Balaban J connectivity index is 1.79. The van der Waals surface area contributed by atoms with E-state index in [1.54, 1.807) is 13.0 Å². The van der Waals surface area contributed by atoms with Crippen LogP contribution in [-0.2, 0) is 20.0 Å². The van der Waals surface area contributed by atoms with E-state index in [2.05, 4.69) is 4.72 Å². The highest BCUT2D eigenvalue weighted by atomic mass is 32.2. The Morgan fingerprint density at radius 1 is 0.806 bits per heavy atom. The van der Waals surface area contributed by atoms with Crippen LogP contribution in [-0.4, -0.2) is 47.4 Å². The highest BCUT2D eigenvalue weighted by Crippen LogP contribution is 2.31. The fourth-order valence-corrected chi connectivity index (χ4v) is 5.95. The Labute approximate surface area is 184 Å². The lowest BCUT2D eigenvalue weighted by molar-refractivity contribution is 0.287. The summed E-state index contributed by atoms with van der Waals surface area (Å²) in [6.45, 7) is 5.44. The van der Waals surface area contributed by atoms with Crippen LogP contribution in [0.4, 0.5) is 5.69 Å². The van der Waals surface area contributed by atoms with Crippen LogP contribution in [0.3, 0.4) is 0 Å². The molecule has 0 amide bonds. The van der Waals surface area contributed by atoms with Gasteiger partial charge in [-0.05, 0) is 63.1 Å². The molecule has 2 aromatic carbocycles. The Morgan fingerprint density at radius 2 is 1.39 bits per heavy atom. The molecule has 0 radical (unpaired) electrons. The highest BCUT2D eigenvalue weighted by Gasteiger charge is 2.26. The molecular formula is C21H28N2O6S2. The number of anilines is 1. The first-order chi connectivity index (χ1) is 14.8. The third kappa shape index (κ3) is 5.50. The molecule has 1 saturated heterocycles. The van der Waals surface area contributed by atoms with Crippen molar-refractivity contribution in [2.24, 2.45) is 0 Å². The van der Waals surface area contributed by atoms with Gasteiger partial charge < -0.3 is 9.47 Å². The second-order valence-electron chi connectivity index (χ2n) is 7.07. The van der Waals surface area contributed by atoms with E-state index >= 15 is 0 Å². The van der Waals surface area contributed by atoms with Gasteiger partial charge in [0.15, 0.2) is 11.5 Å². The van der Waals surface area contributed by atoms with Crippen molar-refractivity contribution in [2.45, 2.75) is 42.9 Å². The third-order valence-electron chi connectivity index (χ3n) is 4.88. The monoisotopic (exact) mass is 468 g/mol.